The van der Waals surface area contributed by atoms with E-state index in [1.165, 1.54) is 32.1 Å². The summed E-state index contributed by atoms with van der Waals surface area (Å²) in [6.07, 6.45) is 3.80. The Kier molecular flexibility index (Phi) is 5.24. The molecule has 0 spiro atoms. The smallest absolute Gasteiger partial charge is 0.328 e. The van der Waals surface area contributed by atoms with Crippen molar-refractivity contribution in [3.05, 3.63) is 24.3 Å². The van der Waals surface area contributed by atoms with E-state index in [-0.39, 0.29) is 6.61 Å². The van der Waals surface area contributed by atoms with Crippen LogP contribution < -0.4 is 10.2 Å². The number of benzene rings is 1. The number of carbonyl (C=O) groups is 1. The normalized spacial score (nSPS) is 16.8. The van der Waals surface area contributed by atoms with Crippen molar-refractivity contribution in [2.24, 2.45) is 0 Å². The van der Waals surface area contributed by atoms with Crippen LogP contribution in [-0.2, 0) is 9.53 Å². The van der Waals surface area contributed by atoms with Gasteiger partial charge in [-0.2, -0.15) is 0 Å². The number of piperidine rings is 1. The number of anilines is 2. The van der Waals surface area contributed by atoms with Crippen LogP contribution in [0.25, 0.3) is 0 Å². The minimum atomic E-state index is -0.910. The molecule has 2 N–H and O–H groups in total. The lowest BCUT2D eigenvalue weighted by atomic mass is 10.1. The van der Waals surface area contributed by atoms with Crippen LogP contribution in [0.2, 0.25) is 0 Å². The Bertz CT molecular complexity index is 427. The molecule has 0 saturated carbocycles. The first-order valence-corrected chi connectivity index (χ1v) is 7.04. The number of methoxy groups -OCH3 is 1. The molecular formula is C15H22N2O3. The van der Waals surface area contributed by atoms with Crippen molar-refractivity contribution in [3.8, 4) is 0 Å². The van der Waals surface area contributed by atoms with Gasteiger partial charge in [0.2, 0.25) is 0 Å². The summed E-state index contributed by atoms with van der Waals surface area (Å²) < 4.78 is 4.90. The number of rotatable bonds is 6. The van der Waals surface area contributed by atoms with Crippen molar-refractivity contribution in [3.63, 3.8) is 0 Å². The van der Waals surface area contributed by atoms with Crippen LogP contribution >= 0.6 is 0 Å². The van der Waals surface area contributed by atoms with Gasteiger partial charge in [-0.1, -0.05) is 0 Å². The standard InChI is InChI=1S/C15H22N2O3/c1-20-11-14(15(18)19)16-12-5-7-13(8-6-12)17-9-3-2-4-10-17/h5-8,14,16H,2-4,9-11H2,1H3,(H,18,19). The van der Waals surface area contributed by atoms with Gasteiger partial charge < -0.3 is 20.1 Å². The second-order valence-electron chi connectivity index (χ2n) is 5.09. The molecule has 1 heterocycles. The van der Waals surface area contributed by atoms with E-state index >= 15 is 0 Å². The molecule has 1 aromatic carbocycles. The van der Waals surface area contributed by atoms with Crippen LogP contribution in [0.3, 0.4) is 0 Å². The fourth-order valence-corrected chi connectivity index (χ4v) is 2.46. The Labute approximate surface area is 119 Å². The summed E-state index contributed by atoms with van der Waals surface area (Å²) in [6, 6.07) is 7.21. The van der Waals surface area contributed by atoms with Crippen molar-refractivity contribution in [1.29, 1.82) is 0 Å². The van der Waals surface area contributed by atoms with Crippen molar-refractivity contribution in [2.45, 2.75) is 25.3 Å². The molecule has 1 aliphatic rings. The van der Waals surface area contributed by atoms with E-state index in [1.807, 2.05) is 24.3 Å². The van der Waals surface area contributed by atoms with E-state index in [1.54, 1.807) is 0 Å². The third kappa shape index (κ3) is 3.87. The van der Waals surface area contributed by atoms with Crippen molar-refractivity contribution >= 4 is 17.3 Å². The lowest BCUT2D eigenvalue weighted by Crippen LogP contribution is -2.33. The monoisotopic (exact) mass is 278 g/mol. The van der Waals surface area contributed by atoms with E-state index in [0.717, 1.165) is 18.8 Å². The Balaban J connectivity index is 1.98. The number of nitrogens with zero attached hydrogens (tertiary/aromatic N) is 1. The van der Waals surface area contributed by atoms with Crippen molar-refractivity contribution < 1.29 is 14.6 Å². The fourth-order valence-electron chi connectivity index (χ4n) is 2.46. The molecule has 0 radical (unpaired) electrons. The van der Waals surface area contributed by atoms with E-state index in [9.17, 15) is 4.79 Å². The quantitative estimate of drug-likeness (QED) is 0.835. The summed E-state index contributed by atoms with van der Waals surface area (Å²) in [7, 11) is 1.50. The molecule has 0 amide bonds. The fraction of sp³-hybridized carbons (Fsp3) is 0.533. The largest absolute Gasteiger partial charge is 0.480 e. The number of hydrogen-bond donors (Lipinski definition) is 2. The molecule has 0 aliphatic carbocycles. The van der Waals surface area contributed by atoms with Gasteiger partial charge in [0.15, 0.2) is 0 Å². The number of ether oxygens (including phenoxy) is 1. The maximum atomic E-state index is 11.1. The first-order valence-electron chi connectivity index (χ1n) is 7.04. The topological polar surface area (TPSA) is 61.8 Å². The molecule has 2 rings (SSSR count). The molecule has 1 atom stereocenters. The van der Waals surface area contributed by atoms with Gasteiger partial charge in [-0.15, -0.1) is 0 Å². The molecule has 110 valence electrons. The average Bonchev–Trinajstić information content (AvgIpc) is 2.48. The van der Waals surface area contributed by atoms with E-state index < -0.39 is 12.0 Å². The second-order valence-corrected chi connectivity index (χ2v) is 5.09. The Morgan fingerprint density at radius 1 is 1.30 bits per heavy atom. The third-order valence-electron chi connectivity index (χ3n) is 3.56. The van der Waals surface area contributed by atoms with E-state index in [0.29, 0.717) is 0 Å². The van der Waals surface area contributed by atoms with Gasteiger partial charge in [-0.25, -0.2) is 4.79 Å². The molecular weight excluding hydrogens is 256 g/mol. The average molecular weight is 278 g/mol. The zero-order chi connectivity index (χ0) is 14.4. The molecule has 1 aromatic rings. The molecule has 0 aromatic heterocycles. The zero-order valence-corrected chi connectivity index (χ0v) is 11.8. The predicted octanol–water partition coefficient (Wildman–Crippen LogP) is 2.19. The maximum absolute atomic E-state index is 11.1. The van der Waals surface area contributed by atoms with Crippen molar-refractivity contribution in [2.75, 3.05) is 37.0 Å². The highest BCUT2D eigenvalue weighted by atomic mass is 16.5. The lowest BCUT2D eigenvalue weighted by molar-refractivity contribution is -0.139. The molecule has 5 heteroatoms. The summed E-state index contributed by atoms with van der Waals surface area (Å²) in [4.78, 5) is 13.4. The Morgan fingerprint density at radius 2 is 1.95 bits per heavy atom. The van der Waals surface area contributed by atoms with Crippen LogP contribution in [0, 0.1) is 0 Å². The SMILES string of the molecule is COCC(Nc1ccc(N2CCCCC2)cc1)C(=O)O. The zero-order valence-electron chi connectivity index (χ0n) is 11.8. The maximum Gasteiger partial charge on any atom is 0.328 e. The predicted molar refractivity (Wildman–Crippen MR) is 79.4 cm³/mol. The highest BCUT2D eigenvalue weighted by Crippen LogP contribution is 2.22. The van der Waals surface area contributed by atoms with Gasteiger partial charge in [0, 0.05) is 31.6 Å². The minimum Gasteiger partial charge on any atom is -0.480 e. The van der Waals surface area contributed by atoms with Crippen molar-refractivity contribution in [1.82, 2.24) is 0 Å². The minimum absolute atomic E-state index is 0.142. The molecule has 5 nitrogen and oxygen atoms in total. The number of aliphatic carboxylic acids is 1. The van der Waals surface area contributed by atoms with Crippen LogP contribution in [0.5, 0.6) is 0 Å². The van der Waals surface area contributed by atoms with E-state index in [2.05, 4.69) is 10.2 Å². The molecule has 1 aliphatic heterocycles. The Hall–Kier alpha value is -1.75. The molecule has 20 heavy (non-hydrogen) atoms. The van der Waals surface area contributed by atoms with Gasteiger partial charge in [0.05, 0.1) is 6.61 Å². The lowest BCUT2D eigenvalue weighted by Gasteiger charge is -2.29. The number of carboxylic acids is 1. The summed E-state index contributed by atoms with van der Waals surface area (Å²) in [5, 5.41) is 12.0. The molecule has 0 bridgehead atoms. The Morgan fingerprint density at radius 3 is 2.50 bits per heavy atom. The van der Waals surface area contributed by atoms with Gasteiger partial charge in [0.1, 0.15) is 6.04 Å². The van der Waals surface area contributed by atoms with Gasteiger partial charge in [-0.05, 0) is 43.5 Å². The summed E-state index contributed by atoms with van der Waals surface area (Å²) in [5.74, 6) is -0.910. The summed E-state index contributed by atoms with van der Waals surface area (Å²) in [6.45, 7) is 2.35. The second kappa shape index (κ2) is 7.14. The highest BCUT2D eigenvalue weighted by molar-refractivity contribution is 5.77. The van der Waals surface area contributed by atoms with Crippen LogP contribution in [-0.4, -0.2) is 43.9 Å². The van der Waals surface area contributed by atoms with Gasteiger partial charge in [0.25, 0.3) is 0 Å². The first kappa shape index (κ1) is 14.7. The molecule has 1 unspecified atom stereocenters. The van der Waals surface area contributed by atoms with Gasteiger partial charge >= 0.3 is 5.97 Å². The van der Waals surface area contributed by atoms with Crippen LogP contribution in [0.4, 0.5) is 11.4 Å². The molecule has 1 saturated heterocycles. The summed E-state index contributed by atoms with van der Waals surface area (Å²) in [5.41, 5.74) is 2.00. The summed E-state index contributed by atoms with van der Waals surface area (Å²) >= 11 is 0. The van der Waals surface area contributed by atoms with Crippen LogP contribution in [0.1, 0.15) is 19.3 Å². The number of hydrogen-bond acceptors (Lipinski definition) is 4. The van der Waals surface area contributed by atoms with Gasteiger partial charge in [-0.3, -0.25) is 0 Å². The third-order valence-corrected chi connectivity index (χ3v) is 3.56. The first-order chi connectivity index (χ1) is 9.70. The number of nitrogens with one attached hydrogen (secondary N) is 1. The highest BCUT2D eigenvalue weighted by Gasteiger charge is 2.17. The number of carboxylic acid groups (broad SMARTS) is 1. The molecule has 1 fully saturated rings. The van der Waals surface area contributed by atoms with Crippen LogP contribution in [0.15, 0.2) is 24.3 Å². The van der Waals surface area contributed by atoms with E-state index in [4.69, 9.17) is 9.84 Å².